The average Bonchev–Trinajstić information content (AvgIpc) is 2.58. The smallest absolute Gasteiger partial charge is 0.0632 e. The van der Waals surface area contributed by atoms with E-state index >= 15 is 0 Å². The lowest BCUT2D eigenvalue weighted by molar-refractivity contribution is 0.0812. The molecular weight excluding hydrogens is 222 g/mol. The number of rotatable bonds is 3. The Balaban J connectivity index is 2.09. The quantitative estimate of drug-likeness (QED) is 0.874. The molecule has 0 atom stereocenters. The molecule has 3 rings (SSSR count). The Morgan fingerprint density at radius 2 is 2.06 bits per heavy atom. The summed E-state index contributed by atoms with van der Waals surface area (Å²) in [6.45, 7) is 3.75. The van der Waals surface area contributed by atoms with E-state index in [0.717, 1.165) is 0 Å². The minimum Gasteiger partial charge on any atom is -0.390 e. The van der Waals surface area contributed by atoms with Gasteiger partial charge in [-0.2, -0.15) is 0 Å². The first-order valence-electron chi connectivity index (χ1n) is 6.85. The molecule has 1 aliphatic rings. The summed E-state index contributed by atoms with van der Waals surface area (Å²) < 4.78 is 2.42. The highest BCUT2D eigenvalue weighted by Crippen LogP contribution is 2.36. The number of aliphatic hydroxyl groups is 1. The van der Waals surface area contributed by atoms with E-state index in [1.807, 2.05) is 13.8 Å². The maximum absolute atomic E-state index is 10.1. The van der Waals surface area contributed by atoms with Gasteiger partial charge in [-0.3, -0.25) is 0 Å². The number of para-hydroxylation sites is 1. The van der Waals surface area contributed by atoms with Gasteiger partial charge in [0.1, 0.15) is 0 Å². The normalized spacial score (nSPS) is 17.1. The Kier molecular flexibility index (Phi) is 2.70. The monoisotopic (exact) mass is 243 g/mol. The van der Waals surface area contributed by atoms with Crippen molar-refractivity contribution in [3.05, 3.63) is 36.0 Å². The highest BCUT2D eigenvalue weighted by Gasteiger charge is 2.23. The fourth-order valence-corrected chi connectivity index (χ4v) is 2.87. The van der Waals surface area contributed by atoms with Crippen molar-refractivity contribution in [3.8, 4) is 0 Å². The van der Waals surface area contributed by atoms with Crippen LogP contribution >= 0.6 is 0 Å². The molecular formula is C16H21NO. The molecule has 1 aromatic carbocycles. The third-order valence-corrected chi connectivity index (χ3v) is 3.91. The van der Waals surface area contributed by atoms with Gasteiger partial charge in [0.15, 0.2) is 0 Å². The lowest BCUT2D eigenvalue weighted by atomic mass is 9.92. The third-order valence-electron chi connectivity index (χ3n) is 3.91. The molecule has 0 bridgehead atoms. The molecule has 0 aliphatic heterocycles. The number of hydrogen-bond donors (Lipinski definition) is 1. The predicted octanol–water partition coefficient (Wildman–Crippen LogP) is 3.68. The van der Waals surface area contributed by atoms with Gasteiger partial charge in [-0.1, -0.05) is 18.2 Å². The van der Waals surface area contributed by atoms with Crippen LogP contribution in [0.25, 0.3) is 10.9 Å². The molecule has 2 aromatic rings. The summed E-state index contributed by atoms with van der Waals surface area (Å²) in [5, 5.41) is 11.4. The highest BCUT2D eigenvalue weighted by atomic mass is 16.3. The Morgan fingerprint density at radius 3 is 2.67 bits per heavy atom. The van der Waals surface area contributed by atoms with Crippen LogP contribution in [-0.4, -0.2) is 15.3 Å². The topological polar surface area (TPSA) is 25.2 Å². The zero-order valence-corrected chi connectivity index (χ0v) is 11.2. The third kappa shape index (κ3) is 2.05. The van der Waals surface area contributed by atoms with Gasteiger partial charge in [0.25, 0.3) is 0 Å². The molecule has 2 nitrogen and oxygen atoms in total. The van der Waals surface area contributed by atoms with Gasteiger partial charge < -0.3 is 9.67 Å². The van der Waals surface area contributed by atoms with Crippen LogP contribution in [0.1, 0.15) is 44.7 Å². The molecule has 96 valence electrons. The molecule has 0 spiro atoms. The summed E-state index contributed by atoms with van der Waals surface area (Å²) in [5.74, 6) is 0. The van der Waals surface area contributed by atoms with E-state index in [2.05, 4.69) is 35.0 Å². The molecule has 1 aromatic heterocycles. The summed E-state index contributed by atoms with van der Waals surface area (Å²) in [7, 11) is 0. The van der Waals surface area contributed by atoms with Crippen molar-refractivity contribution in [2.45, 2.75) is 51.2 Å². The van der Waals surface area contributed by atoms with Crippen LogP contribution in [0.3, 0.4) is 0 Å². The minimum absolute atomic E-state index is 0.650. The molecule has 2 heteroatoms. The van der Waals surface area contributed by atoms with Crippen molar-refractivity contribution in [3.63, 3.8) is 0 Å². The first kappa shape index (κ1) is 11.8. The molecule has 1 fully saturated rings. The molecule has 0 saturated heterocycles. The van der Waals surface area contributed by atoms with Gasteiger partial charge in [0.05, 0.1) is 11.1 Å². The lowest BCUT2D eigenvalue weighted by Gasteiger charge is -2.29. The first-order chi connectivity index (χ1) is 8.54. The molecule has 0 unspecified atom stereocenters. The van der Waals surface area contributed by atoms with Crippen molar-refractivity contribution in [2.75, 3.05) is 0 Å². The Bertz CT molecular complexity index is 558. The zero-order valence-electron chi connectivity index (χ0n) is 11.2. The molecule has 0 radical (unpaired) electrons. The SMILES string of the molecule is CC(C)(O)Cc1cccc2ccn(C3CCC3)c12. The average molecular weight is 243 g/mol. The Morgan fingerprint density at radius 1 is 1.28 bits per heavy atom. The number of hydrogen-bond acceptors (Lipinski definition) is 1. The maximum Gasteiger partial charge on any atom is 0.0632 e. The lowest BCUT2D eigenvalue weighted by Crippen LogP contribution is -2.23. The molecule has 18 heavy (non-hydrogen) atoms. The number of benzene rings is 1. The van der Waals surface area contributed by atoms with Crippen LogP contribution in [0.5, 0.6) is 0 Å². The van der Waals surface area contributed by atoms with E-state index in [9.17, 15) is 5.11 Å². The van der Waals surface area contributed by atoms with Gasteiger partial charge in [-0.25, -0.2) is 0 Å². The number of nitrogens with zero attached hydrogens (tertiary/aromatic N) is 1. The summed E-state index contributed by atoms with van der Waals surface area (Å²) in [6, 6.07) is 9.27. The fraction of sp³-hybridized carbons (Fsp3) is 0.500. The molecule has 1 N–H and O–H groups in total. The van der Waals surface area contributed by atoms with Crippen molar-refractivity contribution < 1.29 is 5.11 Å². The number of fused-ring (bicyclic) bond motifs is 1. The van der Waals surface area contributed by atoms with Crippen LogP contribution in [0.15, 0.2) is 30.5 Å². The molecule has 0 amide bonds. The van der Waals surface area contributed by atoms with E-state index in [-0.39, 0.29) is 0 Å². The molecule has 1 saturated carbocycles. The van der Waals surface area contributed by atoms with E-state index < -0.39 is 5.60 Å². The van der Waals surface area contributed by atoms with E-state index in [4.69, 9.17) is 0 Å². The summed E-state index contributed by atoms with van der Waals surface area (Å²) in [6.07, 6.45) is 6.85. The second-order valence-electron chi connectivity index (χ2n) is 6.15. The fourth-order valence-electron chi connectivity index (χ4n) is 2.87. The van der Waals surface area contributed by atoms with Gasteiger partial charge in [0.2, 0.25) is 0 Å². The van der Waals surface area contributed by atoms with Gasteiger partial charge >= 0.3 is 0 Å². The second kappa shape index (κ2) is 4.13. The van der Waals surface area contributed by atoms with Crippen LogP contribution in [0.2, 0.25) is 0 Å². The van der Waals surface area contributed by atoms with Crippen molar-refractivity contribution in [1.29, 1.82) is 0 Å². The summed E-state index contributed by atoms with van der Waals surface area (Å²) in [4.78, 5) is 0. The maximum atomic E-state index is 10.1. The van der Waals surface area contributed by atoms with E-state index in [0.29, 0.717) is 12.5 Å². The minimum atomic E-state index is -0.650. The van der Waals surface area contributed by atoms with E-state index in [1.165, 1.54) is 35.7 Å². The molecule has 1 heterocycles. The predicted molar refractivity (Wildman–Crippen MR) is 74.8 cm³/mol. The summed E-state index contributed by atoms with van der Waals surface area (Å²) in [5.41, 5.74) is 1.93. The number of aromatic nitrogens is 1. The van der Waals surface area contributed by atoms with Crippen molar-refractivity contribution in [2.24, 2.45) is 0 Å². The van der Waals surface area contributed by atoms with Crippen LogP contribution in [-0.2, 0) is 6.42 Å². The van der Waals surface area contributed by atoms with Crippen molar-refractivity contribution in [1.82, 2.24) is 4.57 Å². The summed E-state index contributed by atoms with van der Waals surface area (Å²) >= 11 is 0. The van der Waals surface area contributed by atoms with Gasteiger partial charge in [0, 0.05) is 18.7 Å². The second-order valence-corrected chi connectivity index (χ2v) is 6.15. The standard InChI is InChI=1S/C16H21NO/c1-16(2,18)11-13-6-3-5-12-9-10-17(15(12)13)14-7-4-8-14/h3,5-6,9-10,14,18H,4,7-8,11H2,1-2H3. The highest BCUT2D eigenvalue weighted by molar-refractivity contribution is 5.83. The largest absolute Gasteiger partial charge is 0.390 e. The Labute approximate surface area is 108 Å². The van der Waals surface area contributed by atoms with E-state index in [1.54, 1.807) is 0 Å². The van der Waals surface area contributed by atoms with Crippen LogP contribution < -0.4 is 0 Å². The Hall–Kier alpha value is -1.28. The van der Waals surface area contributed by atoms with Gasteiger partial charge in [-0.15, -0.1) is 0 Å². The molecule has 1 aliphatic carbocycles. The van der Waals surface area contributed by atoms with Gasteiger partial charge in [-0.05, 0) is 50.1 Å². The zero-order chi connectivity index (χ0) is 12.8. The van der Waals surface area contributed by atoms with Crippen molar-refractivity contribution >= 4 is 10.9 Å². The van der Waals surface area contributed by atoms with Crippen LogP contribution in [0.4, 0.5) is 0 Å². The van der Waals surface area contributed by atoms with Crippen LogP contribution in [0, 0.1) is 0 Å². The first-order valence-corrected chi connectivity index (χ1v) is 6.85.